The largest absolute Gasteiger partial charge is 0.507 e. The topological polar surface area (TPSA) is 49.3 Å². The smallest absolute Gasteiger partial charge is 0.237 e. The number of unbranched alkanes of at least 4 members (excludes halogenated alkanes) is 9. The summed E-state index contributed by atoms with van der Waals surface area (Å²) in [7, 11) is 0. The van der Waals surface area contributed by atoms with Crippen LogP contribution in [0.3, 0.4) is 0 Å². The average Bonchev–Trinajstić information content (AvgIpc) is 2.73. The second kappa shape index (κ2) is 15.6. The van der Waals surface area contributed by atoms with Crippen LogP contribution in [0.2, 0.25) is 0 Å². The summed E-state index contributed by atoms with van der Waals surface area (Å²) in [5.41, 5.74) is 3.42. The summed E-state index contributed by atoms with van der Waals surface area (Å²) in [5, 5.41) is 13.2. The minimum Gasteiger partial charge on any atom is -0.507 e. The lowest BCUT2D eigenvalue weighted by molar-refractivity contribution is -0.115. The van der Waals surface area contributed by atoms with Crippen molar-refractivity contribution in [3.05, 3.63) is 22.8 Å². The van der Waals surface area contributed by atoms with Crippen LogP contribution >= 0.6 is 11.8 Å². The third-order valence-corrected chi connectivity index (χ3v) is 7.35. The molecule has 0 aliphatic rings. The predicted octanol–water partition coefficient (Wildman–Crippen LogP) is 8.08. The molecule has 1 aromatic rings. The number of rotatable bonds is 16. The molecule has 0 aliphatic carbocycles. The second-order valence-corrected chi connectivity index (χ2v) is 9.97. The Bertz CT molecular complexity index is 630. The standard InChI is InChI=1S/C26H45NO2S/c1-6-8-9-10-11-12-13-14-15-16-18-30-24(17-7-2)26(29)27-23-19-20(3)25(28)22(5)21(23)4/h19,24,28H,6-18H2,1-5H3,(H,27,29). The monoisotopic (exact) mass is 435 g/mol. The Morgan fingerprint density at radius 3 is 2.03 bits per heavy atom. The lowest BCUT2D eigenvalue weighted by Gasteiger charge is -2.19. The number of phenols is 1. The number of anilines is 1. The van der Waals surface area contributed by atoms with Crippen molar-refractivity contribution in [2.75, 3.05) is 11.1 Å². The van der Waals surface area contributed by atoms with Crippen molar-refractivity contribution in [2.45, 2.75) is 117 Å². The van der Waals surface area contributed by atoms with Gasteiger partial charge in [-0.3, -0.25) is 4.79 Å². The molecule has 2 N–H and O–H groups in total. The summed E-state index contributed by atoms with van der Waals surface area (Å²) in [6, 6.07) is 1.88. The van der Waals surface area contributed by atoms with Crippen molar-refractivity contribution in [1.82, 2.24) is 0 Å². The molecule has 0 aromatic heterocycles. The average molecular weight is 436 g/mol. The molecule has 0 radical (unpaired) electrons. The Hall–Kier alpha value is -1.16. The van der Waals surface area contributed by atoms with Crippen LogP contribution in [0.4, 0.5) is 5.69 Å². The summed E-state index contributed by atoms with van der Waals surface area (Å²) in [4.78, 5) is 12.9. The number of phenolic OH excluding ortho intramolecular Hbond substituents is 1. The van der Waals surface area contributed by atoms with Gasteiger partial charge in [0.25, 0.3) is 0 Å². The molecular formula is C26H45NO2S. The fraction of sp³-hybridized carbons (Fsp3) is 0.731. The van der Waals surface area contributed by atoms with Gasteiger partial charge in [0.2, 0.25) is 5.91 Å². The van der Waals surface area contributed by atoms with Gasteiger partial charge in [0.1, 0.15) is 5.75 Å². The maximum absolute atomic E-state index is 12.9. The van der Waals surface area contributed by atoms with Gasteiger partial charge in [0.05, 0.1) is 5.25 Å². The first-order chi connectivity index (χ1) is 14.4. The van der Waals surface area contributed by atoms with E-state index in [1.54, 1.807) is 11.8 Å². The Balaban J connectivity index is 2.34. The molecule has 1 amide bonds. The predicted molar refractivity (Wildman–Crippen MR) is 134 cm³/mol. The maximum atomic E-state index is 12.9. The molecule has 0 aliphatic heterocycles. The molecule has 4 heteroatoms. The molecule has 30 heavy (non-hydrogen) atoms. The highest BCUT2D eigenvalue weighted by Gasteiger charge is 2.20. The number of carbonyl (C=O) groups is 1. The van der Waals surface area contributed by atoms with Crippen molar-refractivity contribution in [3.63, 3.8) is 0 Å². The number of aryl methyl sites for hydroxylation is 1. The first-order valence-corrected chi connectivity index (χ1v) is 13.2. The van der Waals surface area contributed by atoms with Gasteiger partial charge in [0.15, 0.2) is 0 Å². The van der Waals surface area contributed by atoms with Crippen LogP contribution in [0, 0.1) is 20.8 Å². The van der Waals surface area contributed by atoms with Gasteiger partial charge in [-0.2, -0.15) is 0 Å². The summed E-state index contributed by atoms with van der Waals surface area (Å²) >= 11 is 1.81. The van der Waals surface area contributed by atoms with Gasteiger partial charge < -0.3 is 10.4 Å². The van der Waals surface area contributed by atoms with E-state index in [9.17, 15) is 9.90 Å². The van der Waals surface area contributed by atoms with Crippen LogP contribution in [0.5, 0.6) is 5.75 Å². The Labute approximate surface area is 189 Å². The van der Waals surface area contributed by atoms with Gasteiger partial charge in [-0.1, -0.05) is 78.1 Å². The van der Waals surface area contributed by atoms with E-state index < -0.39 is 0 Å². The number of benzene rings is 1. The van der Waals surface area contributed by atoms with E-state index in [-0.39, 0.29) is 11.2 Å². The van der Waals surface area contributed by atoms with Gasteiger partial charge in [0, 0.05) is 5.69 Å². The normalized spacial score (nSPS) is 12.2. The van der Waals surface area contributed by atoms with Gasteiger partial charge in [-0.15, -0.1) is 11.8 Å². The number of hydrogen-bond acceptors (Lipinski definition) is 3. The molecule has 0 saturated carbocycles. The molecule has 1 atom stereocenters. The number of nitrogens with one attached hydrogen (secondary N) is 1. The van der Waals surface area contributed by atoms with Crippen LogP contribution in [0.15, 0.2) is 6.07 Å². The highest BCUT2D eigenvalue weighted by Crippen LogP contribution is 2.31. The third kappa shape index (κ3) is 9.76. The second-order valence-electron chi connectivity index (χ2n) is 8.66. The van der Waals surface area contributed by atoms with E-state index in [0.717, 1.165) is 41.0 Å². The van der Waals surface area contributed by atoms with Crippen LogP contribution < -0.4 is 5.32 Å². The number of thioether (sulfide) groups is 1. The van der Waals surface area contributed by atoms with Crippen molar-refractivity contribution in [3.8, 4) is 5.75 Å². The Morgan fingerprint density at radius 1 is 0.900 bits per heavy atom. The number of hydrogen-bond donors (Lipinski definition) is 2. The Morgan fingerprint density at radius 2 is 1.47 bits per heavy atom. The molecule has 1 rings (SSSR count). The third-order valence-electron chi connectivity index (χ3n) is 5.97. The SMILES string of the molecule is CCCCCCCCCCCCSC(CCC)C(=O)Nc1cc(C)c(O)c(C)c1C. The summed E-state index contributed by atoms with van der Waals surface area (Å²) in [6.07, 6.45) is 15.3. The van der Waals surface area contributed by atoms with Crippen molar-refractivity contribution in [2.24, 2.45) is 0 Å². The van der Waals surface area contributed by atoms with Gasteiger partial charge >= 0.3 is 0 Å². The molecule has 0 heterocycles. The number of carbonyl (C=O) groups excluding carboxylic acids is 1. The van der Waals surface area contributed by atoms with E-state index in [4.69, 9.17) is 0 Å². The minimum absolute atomic E-state index is 0.00220. The van der Waals surface area contributed by atoms with E-state index in [1.807, 2.05) is 26.8 Å². The molecule has 3 nitrogen and oxygen atoms in total. The molecule has 0 bridgehead atoms. The quantitative estimate of drug-likeness (QED) is 0.204. The van der Waals surface area contributed by atoms with E-state index >= 15 is 0 Å². The molecular weight excluding hydrogens is 390 g/mol. The molecule has 0 saturated heterocycles. The molecule has 172 valence electrons. The highest BCUT2D eigenvalue weighted by atomic mass is 32.2. The van der Waals surface area contributed by atoms with Crippen molar-refractivity contribution < 1.29 is 9.90 Å². The van der Waals surface area contributed by atoms with Gasteiger partial charge in [-0.05, 0) is 62.1 Å². The molecule has 1 unspecified atom stereocenters. The van der Waals surface area contributed by atoms with Crippen LogP contribution in [-0.2, 0) is 4.79 Å². The number of amides is 1. The molecule has 0 spiro atoms. The van der Waals surface area contributed by atoms with Crippen LogP contribution in [0.25, 0.3) is 0 Å². The van der Waals surface area contributed by atoms with Crippen LogP contribution in [0.1, 0.15) is 108 Å². The molecule has 1 aromatic carbocycles. The summed E-state index contributed by atoms with van der Waals surface area (Å²) in [5.74, 6) is 1.48. The summed E-state index contributed by atoms with van der Waals surface area (Å²) in [6.45, 7) is 10.1. The first-order valence-electron chi connectivity index (χ1n) is 12.1. The van der Waals surface area contributed by atoms with Gasteiger partial charge in [-0.25, -0.2) is 0 Å². The highest BCUT2D eigenvalue weighted by molar-refractivity contribution is 8.00. The lowest BCUT2D eigenvalue weighted by atomic mass is 10.0. The van der Waals surface area contributed by atoms with Crippen LogP contribution in [-0.4, -0.2) is 22.0 Å². The zero-order valence-corrected chi connectivity index (χ0v) is 20.9. The Kier molecular flexibility index (Phi) is 14.0. The lowest BCUT2D eigenvalue weighted by Crippen LogP contribution is -2.26. The fourth-order valence-electron chi connectivity index (χ4n) is 3.78. The van der Waals surface area contributed by atoms with Crippen molar-refractivity contribution >= 4 is 23.4 Å². The minimum atomic E-state index is 0.00220. The van der Waals surface area contributed by atoms with E-state index in [0.29, 0.717) is 5.75 Å². The zero-order valence-electron chi connectivity index (χ0n) is 20.1. The van der Waals surface area contributed by atoms with E-state index in [2.05, 4.69) is 19.2 Å². The maximum Gasteiger partial charge on any atom is 0.237 e. The summed E-state index contributed by atoms with van der Waals surface area (Å²) < 4.78 is 0. The fourth-order valence-corrected chi connectivity index (χ4v) is 5.05. The zero-order chi connectivity index (χ0) is 22.4. The number of aromatic hydroxyl groups is 1. The first kappa shape index (κ1) is 26.9. The van der Waals surface area contributed by atoms with E-state index in [1.165, 1.54) is 64.2 Å². The molecule has 0 fully saturated rings. The van der Waals surface area contributed by atoms with Crippen molar-refractivity contribution in [1.29, 1.82) is 0 Å².